The van der Waals surface area contributed by atoms with Crippen molar-refractivity contribution in [1.82, 2.24) is 0 Å². The Morgan fingerprint density at radius 2 is 2.15 bits per heavy atom. The lowest BCUT2D eigenvalue weighted by atomic mass is 9.88. The minimum atomic E-state index is -0.433. The van der Waals surface area contributed by atoms with Gasteiger partial charge in [-0.1, -0.05) is 20.8 Å². The molecule has 2 amide bonds. The van der Waals surface area contributed by atoms with Crippen LogP contribution in [0.3, 0.4) is 0 Å². The van der Waals surface area contributed by atoms with Crippen LogP contribution in [0.2, 0.25) is 0 Å². The molecule has 0 saturated carbocycles. The lowest BCUT2D eigenvalue weighted by Gasteiger charge is -2.18. The number of carbonyl (C=O) groups is 2. The van der Waals surface area contributed by atoms with Crippen LogP contribution in [-0.2, 0) is 17.6 Å². The van der Waals surface area contributed by atoms with Crippen LogP contribution in [0, 0.1) is 11.8 Å². The van der Waals surface area contributed by atoms with Crippen molar-refractivity contribution in [3.8, 4) is 0 Å². The predicted octanol–water partition coefficient (Wildman–Crippen LogP) is 2.96. The fraction of sp³-hybridized carbons (Fsp3) is 0.600. The van der Waals surface area contributed by atoms with Crippen molar-refractivity contribution in [3.63, 3.8) is 0 Å². The second kappa shape index (κ2) is 5.95. The largest absolute Gasteiger partial charge is 0.365 e. The van der Waals surface area contributed by atoms with Gasteiger partial charge in [-0.15, -0.1) is 11.3 Å². The molecular weight excluding hydrogens is 272 g/mol. The molecule has 0 aliphatic heterocycles. The number of hydrogen-bond acceptors (Lipinski definition) is 3. The number of nitrogens with two attached hydrogens (primary N) is 1. The molecule has 1 aliphatic carbocycles. The molecular formula is C15H22N2O2S. The van der Waals surface area contributed by atoms with Gasteiger partial charge in [-0.25, -0.2) is 0 Å². The van der Waals surface area contributed by atoms with Crippen molar-refractivity contribution in [3.05, 3.63) is 16.0 Å². The first-order valence-electron chi connectivity index (χ1n) is 7.12. The van der Waals surface area contributed by atoms with E-state index in [-0.39, 0.29) is 5.91 Å². The molecule has 1 aromatic heterocycles. The van der Waals surface area contributed by atoms with E-state index >= 15 is 0 Å². The van der Waals surface area contributed by atoms with Gasteiger partial charge in [0.25, 0.3) is 5.91 Å². The van der Waals surface area contributed by atoms with Gasteiger partial charge in [-0.2, -0.15) is 0 Å². The summed E-state index contributed by atoms with van der Waals surface area (Å²) in [6.07, 6.45) is 3.38. The molecule has 3 N–H and O–H groups in total. The summed E-state index contributed by atoms with van der Waals surface area (Å²) in [5.41, 5.74) is 7.10. The monoisotopic (exact) mass is 294 g/mol. The molecule has 0 unspecified atom stereocenters. The molecule has 110 valence electrons. The summed E-state index contributed by atoms with van der Waals surface area (Å²) in [6.45, 7) is 6.20. The van der Waals surface area contributed by atoms with Crippen molar-refractivity contribution in [2.75, 3.05) is 5.32 Å². The topological polar surface area (TPSA) is 72.2 Å². The van der Waals surface area contributed by atoms with Crippen LogP contribution in [0.1, 0.15) is 54.4 Å². The molecule has 0 fully saturated rings. The lowest BCUT2D eigenvalue weighted by molar-refractivity contribution is -0.116. The highest BCUT2D eigenvalue weighted by molar-refractivity contribution is 7.17. The second-order valence-corrected chi connectivity index (χ2v) is 7.17. The number of nitrogens with one attached hydrogen (secondary N) is 1. The summed E-state index contributed by atoms with van der Waals surface area (Å²) in [5.74, 6) is 0.439. The summed E-state index contributed by atoms with van der Waals surface area (Å²) in [4.78, 5) is 24.8. The van der Waals surface area contributed by atoms with Crippen molar-refractivity contribution in [1.29, 1.82) is 0 Å². The Morgan fingerprint density at radius 1 is 1.45 bits per heavy atom. The zero-order chi connectivity index (χ0) is 14.9. The molecule has 0 spiro atoms. The fourth-order valence-electron chi connectivity index (χ4n) is 2.65. The van der Waals surface area contributed by atoms with Crippen LogP contribution >= 0.6 is 11.3 Å². The average molecular weight is 294 g/mol. The van der Waals surface area contributed by atoms with E-state index in [4.69, 9.17) is 5.73 Å². The number of primary amides is 1. The van der Waals surface area contributed by atoms with Crippen molar-refractivity contribution >= 4 is 28.2 Å². The molecule has 20 heavy (non-hydrogen) atoms. The number of rotatable bonds is 4. The summed E-state index contributed by atoms with van der Waals surface area (Å²) in [7, 11) is 0. The van der Waals surface area contributed by atoms with Crippen molar-refractivity contribution in [2.45, 2.75) is 46.5 Å². The van der Waals surface area contributed by atoms with Crippen LogP contribution in [0.25, 0.3) is 0 Å². The molecule has 0 bridgehead atoms. The van der Waals surface area contributed by atoms with Crippen LogP contribution in [0.4, 0.5) is 5.00 Å². The van der Waals surface area contributed by atoms with E-state index in [1.807, 2.05) is 13.8 Å². The van der Waals surface area contributed by atoms with E-state index in [0.717, 1.165) is 24.8 Å². The zero-order valence-corrected chi connectivity index (χ0v) is 13.1. The molecule has 1 aliphatic rings. The van der Waals surface area contributed by atoms with E-state index < -0.39 is 5.91 Å². The van der Waals surface area contributed by atoms with E-state index in [9.17, 15) is 9.59 Å². The molecule has 1 heterocycles. The third-order valence-corrected chi connectivity index (χ3v) is 4.77. The third kappa shape index (κ3) is 3.20. The minimum absolute atomic E-state index is 0.0471. The SMILES string of the molecule is CC(C)CC(=O)Nc1sc2c(c1C(N)=O)CC[C@H](C)C2. The quantitative estimate of drug-likeness (QED) is 0.896. The maximum atomic E-state index is 11.9. The predicted molar refractivity (Wildman–Crippen MR) is 82.1 cm³/mol. The Kier molecular flexibility index (Phi) is 4.48. The summed E-state index contributed by atoms with van der Waals surface area (Å²) in [5, 5.41) is 3.51. The molecule has 1 aromatic rings. The van der Waals surface area contributed by atoms with Gasteiger partial charge in [-0.3, -0.25) is 9.59 Å². The molecule has 4 nitrogen and oxygen atoms in total. The molecule has 1 atom stereocenters. The van der Waals surface area contributed by atoms with E-state index in [1.165, 1.54) is 16.2 Å². The van der Waals surface area contributed by atoms with E-state index in [0.29, 0.717) is 28.8 Å². The van der Waals surface area contributed by atoms with Crippen LogP contribution in [0.5, 0.6) is 0 Å². The third-order valence-electron chi connectivity index (χ3n) is 3.60. The van der Waals surface area contributed by atoms with Crippen molar-refractivity contribution < 1.29 is 9.59 Å². The average Bonchev–Trinajstić information content (AvgIpc) is 2.64. The summed E-state index contributed by atoms with van der Waals surface area (Å²) in [6, 6.07) is 0. The first-order valence-corrected chi connectivity index (χ1v) is 7.94. The van der Waals surface area contributed by atoms with Crippen LogP contribution in [-0.4, -0.2) is 11.8 Å². The van der Waals surface area contributed by atoms with Gasteiger partial charge in [0.1, 0.15) is 5.00 Å². The lowest BCUT2D eigenvalue weighted by Crippen LogP contribution is -2.19. The fourth-order valence-corrected chi connectivity index (χ4v) is 4.08. The van der Waals surface area contributed by atoms with Gasteiger partial charge in [0.15, 0.2) is 0 Å². The van der Waals surface area contributed by atoms with Gasteiger partial charge in [0.2, 0.25) is 5.91 Å². The number of thiophene rings is 1. The maximum Gasteiger partial charge on any atom is 0.251 e. The Balaban J connectivity index is 2.28. The van der Waals surface area contributed by atoms with Crippen molar-refractivity contribution in [2.24, 2.45) is 17.6 Å². The Bertz CT molecular complexity index is 534. The minimum Gasteiger partial charge on any atom is -0.365 e. The molecule has 0 aromatic carbocycles. The Labute approximate surface area is 123 Å². The van der Waals surface area contributed by atoms with E-state index in [1.54, 1.807) is 0 Å². The van der Waals surface area contributed by atoms with Gasteiger partial charge in [0, 0.05) is 11.3 Å². The van der Waals surface area contributed by atoms with Gasteiger partial charge < -0.3 is 11.1 Å². The number of amides is 2. The Morgan fingerprint density at radius 3 is 2.75 bits per heavy atom. The molecule has 2 rings (SSSR count). The van der Waals surface area contributed by atoms with Gasteiger partial charge in [-0.05, 0) is 36.7 Å². The second-order valence-electron chi connectivity index (χ2n) is 6.07. The number of fused-ring (bicyclic) bond motifs is 1. The van der Waals surface area contributed by atoms with Crippen LogP contribution < -0.4 is 11.1 Å². The summed E-state index contributed by atoms with van der Waals surface area (Å²) >= 11 is 1.52. The van der Waals surface area contributed by atoms with Gasteiger partial charge >= 0.3 is 0 Å². The normalized spacial score (nSPS) is 17.9. The highest BCUT2D eigenvalue weighted by Crippen LogP contribution is 2.39. The number of anilines is 1. The smallest absolute Gasteiger partial charge is 0.251 e. The molecule has 5 heteroatoms. The van der Waals surface area contributed by atoms with Crippen LogP contribution in [0.15, 0.2) is 0 Å². The maximum absolute atomic E-state index is 11.9. The highest BCUT2D eigenvalue weighted by atomic mass is 32.1. The highest BCUT2D eigenvalue weighted by Gasteiger charge is 2.27. The number of hydrogen-bond donors (Lipinski definition) is 2. The number of carbonyl (C=O) groups excluding carboxylic acids is 2. The van der Waals surface area contributed by atoms with E-state index in [2.05, 4.69) is 12.2 Å². The first-order chi connectivity index (χ1) is 9.38. The molecule has 0 saturated heterocycles. The first kappa shape index (κ1) is 15.0. The standard InChI is InChI=1S/C15H22N2O2S/c1-8(2)6-12(18)17-15-13(14(16)19)10-5-4-9(3)7-11(10)20-15/h8-9H,4-7H2,1-3H3,(H2,16,19)(H,17,18)/t9-/m0/s1. The zero-order valence-electron chi connectivity index (χ0n) is 12.3. The Hall–Kier alpha value is -1.36. The molecule has 0 radical (unpaired) electrons. The van der Waals surface area contributed by atoms with Gasteiger partial charge in [0.05, 0.1) is 5.56 Å². The summed E-state index contributed by atoms with van der Waals surface area (Å²) < 4.78 is 0.